The number of aryl methyl sites for hydroxylation is 1. The van der Waals surface area contributed by atoms with Gasteiger partial charge in [-0.15, -0.1) is 11.3 Å². The molecule has 0 amide bonds. The first-order valence-electron chi connectivity index (χ1n) is 6.93. The highest BCUT2D eigenvalue weighted by Crippen LogP contribution is 2.26. The Morgan fingerprint density at radius 1 is 1.10 bits per heavy atom. The maximum absolute atomic E-state index is 4.45. The van der Waals surface area contributed by atoms with E-state index < -0.39 is 0 Å². The lowest BCUT2D eigenvalue weighted by molar-refractivity contribution is 0.602. The third kappa shape index (κ3) is 3.54. The Hall–Kier alpha value is -2.04. The predicted octanol–water partition coefficient (Wildman–Crippen LogP) is 3.73. The van der Waals surface area contributed by atoms with Gasteiger partial charge in [0.15, 0.2) is 0 Å². The average molecular weight is 295 g/mol. The standard InChI is InChI=1S/C17H17N3S/c1-13-18-10-9-15(20-13)12-19-17(16-8-5-11-21-16)14-6-3-2-4-7-14/h2-11,17,19H,12H2,1H3. The zero-order chi connectivity index (χ0) is 14.5. The second-order valence-corrected chi connectivity index (χ2v) is 5.81. The van der Waals surface area contributed by atoms with E-state index in [9.17, 15) is 0 Å². The van der Waals surface area contributed by atoms with Crippen LogP contribution >= 0.6 is 11.3 Å². The van der Waals surface area contributed by atoms with Crippen LogP contribution < -0.4 is 5.32 Å². The zero-order valence-corrected chi connectivity index (χ0v) is 12.7. The fraction of sp³-hybridized carbons (Fsp3) is 0.176. The highest BCUT2D eigenvalue weighted by Gasteiger charge is 2.14. The van der Waals surface area contributed by atoms with Gasteiger partial charge in [-0.05, 0) is 30.0 Å². The van der Waals surface area contributed by atoms with Crippen LogP contribution in [0.5, 0.6) is 0 Å². The van der Waals surface area contributed by atoms with Crippen molar-refractivity contribution in [2.45, 2.75) is 19.5 Å². The van der Waals surface area contributed by atoms with E-state index in [2.05, 4.69) is 57.1 Å². The second kappa shape index (κ2) is 6.61. The lowest BCUT2D eigenvalue weighted by Gasteiger charge is -2.18. The van der Waals surface area contributed by atoms with Crippen molar-refractivity contribution in [3.05, 3.63) is 82.1 Å². The summed E-state index contributed by atoms with van der Waals surface area (Å²) >= 11 is 1.77. The molecule has 0 fully saturated rings. The molecule has 0 radical (unpaired) electrons. The van der Waals surface area contributed by atoms with Crippen molar-refractivity contribution in [3.63, 3.8) is 0 Å². The third-order valence-corrected chi connectivity index (χ3v) is 4.22. The first-order chi connectivity index (χ1) is 10.3. The zero-order valence-electron chi connectivity index (χ0n) is 11.9. The summed E-state index contributed by atoms with van der Waals surface area (Å²) in [6.45, 7) is 2.64. The molecular weight excluding hydrogens is 278 g/mol. The minimum Gasteiger partial charge on any atom is -0.300 e. The van der Waals surface area contributed by atoms with Crippen LogP contribution in [0.15, 0.2) is 60.1 Å². The lowest BCUT2D eigenvalue weighted by Crippen LogP contribution is -2.22. The van der Waals surface area contributed by atoms with Crippen molar-refractivity contribution in [2.75, 3.05) is 0 Å². The van der Waals surface area contributed by atoms with Gasteiger partial charge in [0.1, 0.15) is 5.82 Å². The van der Waals surface area contributed by atoms with E-state index in [1.807, 2.05) is 25.3 Å². The number of hydrogen-bond acceptors (Lipinski definition) is 4. The predicted molar refractivity (Wildman–Crippen MR) is 86.2 cm³/mol. The molecule has 2 aromatic heterocycles. The van der Waals surface area contributed by atoms with Crippen LogP contribution in [0.1, 0.15) is 28.0 Å². The van der Waals surface area contributed by atoms with Crippen LogP contribution in [-0.4, -0.2) is 9.97 Å². The third-order valence-electron chi connectivity index (χ3n) is 3.28. The van der Waals surface area contributed by atoms with E-state index in [-0.39, 0.29) is 6.04 Å². The summed E-state index contributed by atoms with van der Waals surface area (Å²) in [5.74, 6) is 0.807. The number of rotatable bonds is 5. The number of thiophene rings is 1. The van der Waals surface area contributed by atoms with Crippen molar-refractivity contribution in [1.29, 1.82) is 0 Å². The molecule has 0 bridgehead atoms. The highest BCUT2D eigenvalue weighted by atomic mass is 32.1. The van der Waals surface area contributed by atoms with Gasteiger partial charge in [-0.2, -0.15) is 0 Å². The topological polar surface area (TPSA) is 37.8 Å². The Balaban J connectivity index is 1.80. The molecule has 3 rings (SSSR count). The fourth-order valence-electron chi connectivity index (χ4n) is 2.29. The Morgan fingerprint density at radius 2 is 1.95 bits per heavy atom. The minimum atomic E-state index is 0.196. The highest BCUT2D eigenvalue weighted by molar-refractivity contribution is 7.10. The van der Waals surface area contributed by atoms with E-state index >= 15 is 0 Å². The SMILES string of the molecule is Cc1nccc(CNC(c2ccccc2)c2cccs2)n1. The summed E-state index contributed by atoms with van der Waals surface area (Å²) < 4.78 is 0. The van der Waals surface area contributed by atoms with Crippen molar-refractivity contribution in [2.24, 2.45) is 0 Å². The average Bonchev–Trinajstić information content (AvgIpc) is 3.03. The number of hydrogen-bond donors (Lipinski definition) is 1. The van der Waals surface area contributed by atoms with Crippen molar-refractivity contribution >= 4 is 11.3 Å². The first kappa shape index (κ1) is 13.9. The van der Waals surface area contributed by atoms with Gasteiger partial charge >= 0.3 is 0 Å². The summed E-state index contributed by atoms with van der Waals surface area (Å²) in [6.07, 6.45) is 1.81. The molecule has 4 heteroatoms. The normalized spacial score (nSPS) is 12.2. The van der Waals surface area contributed by atoms with Crippen LogP contribution in [0.3, 0.4) is 0 Å². The van der Waals surface area contributed by atoms with Crippen molar-refractivity contribution in [3.8, 4) is 0 Å². The van der Waals surface area contributed by atoms with Crippen LogP contribution in [-0.2, 0) is 6.54 Å². The van der Waals surface area contributed by atoms with E-state index in [0.717, 1.165) is 18.1 Å². The molecule has 0 aliphatic heterocycles. The maximum Gasteiger partial charge on any atom is 0.125 e. The summed E-state index contributed by atoms with van der Waals surface area (Å²) in [4.78, 5) is 9.90. The molecule has 1 unspecified atom stereocenters. The molecule has 2 heterocycles. The molecule has 0 spiro atoms. The molecule has 3 aromatic rings. The monoisotopic (exact) mass is 295 g/mol. The Bertz CT molecular complexity index is 680. The van der Waals surface area contributed by atoms with Gasteiger partial charge in [-0.1, -0.05) is 36.4 Å². The van der Waals surface area contributed by atoms with E-state index in [4.69, 9.17) is 0 Å². The smallest absolute Gasteiger partial charge is 0.125 e. The largest absolute Gasteiger partial charge is 0.300 e. The molecule has 1 aromatic carbocycles. The Kier molecular flexibility index (Phi) is 4.38. The molecule has 0 saturated heterocycles. The first-order valence-corrected chi connectivity index (χ1v) is 7.81. The maximum atomic E-state index is 4.45. The van der Waals surface area contributed by atoms with E-state index in [1.165, 1.54) is 10.4 Å². The molecule has 1 N–H and O–H groups in total. The summed E-state index contributed by atoms with van der Waals surface area (Å²) in [5, 5.41) is 5.71. The lowest BCUT2D eigenvalue weighted by atomic mass is 10.1. The van der Waals surface area contributed by atoms with Gasteiger partial charge in [0.25, 0.3) is 0 Å². The summed E-state index contributed by atoms with van der Waals surface area (Å²) in [7, 11) is 0. The van der Waals surface area contributed by atoms with Gasteiger partial charge in [-0.3, -0.25) is 5.32 Å². The molecule has 21 heavy (non-hydrogen) atoms. The molecule has 3 nitrogen and oxygen atoms in total. The molecular formula is C17H17N3S. The quantitative estimate of drug-likeness (QED) is 0.779. The Morgan fingerprint density at radius 3 is 2.67 bits per heavy atom. The van der Waals surface area contributed by atoms with Crippen LogP contribution in [0.2, 0.25) is 0 Å². The van der Waals surface area contributed by atoms with E-state index in [1.54, 1.807) is 11.3 Å². The molecule has 0 aliphatic carbocycles. The van der Waals surface area contributed by atoms with Crippen molar-refractivity contribution in [1.82, 2.24) is 15.3 Å². The molecule has 106 valence electrons. The van der Waals surface area contributed by atoms with E-state index in [0.29, 0.717) is 0 Å². The summed E-state index contributed by atoms with van der Waals surface area (Å²) in [6, 6.07) is 16.9. The van der Waals surface area contributed by atoms with Gasteiger partial charge in [-0.25, -0.2) is 9.97 Å². The van der Waals surface area contributed by atoms with Crippen molar-refractivity contribution < 1.29 is 0 Å². The fourth-order valence-corrected chi connectivity index (χ4v) is 3.12. The van der Waals surface area contributed by atoms with Gasteiger partial charge < -0.3 is 0 Å². The van der Waals surface area contributed by atoms with Crippen LogP contribution in [0.25, 0.3) is 0 Å². The van der Waals surface area contributed by atoms with Crippen LogP contribution in [0, 0.1) is 6.92 Å². The number of nitrogens with one attached hydrogen (secondary N) is 1. The molecule has 0 aliphatic rings. The number of aromatic nitrogens is 2. The second-order valence-electron chi connectivity index (χ2n) is 4.84. The number of nitrogens with zero attached hydrogens (tertiary/aromatic N) is 2. The summed E-state index contributed by atoms with van der Waals surface area (Å²) in [5.41, 5.74) is 2.28. The molecule has 1 atom stereocenters. The van der Waals surface area contributed by atoms with Crippen LogP contribution in [0.4, 0.5) is 0 Å². The number of benzene rings is 1. The van der Waals surface area contributed by atoms with Gasteiger partial charge in [0.05, 0.1) is 11.7 Å². The van der Waals surface area contributed by atoms with Gasteiger partial charge in [0, 0.05) is 17.6 Å². The molecule has 0 saturated carbocycles. The Labute approximate surface area is 128 Å². The van der Waals surface area contributed by atoms with Gasteiger partial charge in [0.2, 0.25) is 0 Å². The minimum absolute atomic E-state index is 0.196.